The molecule has 1 aliphatic rings. The number of halogens is 1. The van der Waals surface area contributed by atoms with Crippen molar-refractivity contribution in [3.8, 4) is 5.75 Å². The van der Waals surface area contributed by atoms with E-state index in [0.29, 0.717) is 22.0 Å². The van der Waals surface area contributed by atoms with Gasteiger partial charge in [-0.15, -0.1) is 11.8 Å². The van der Waals surface area contributed by atoms with E-state index in [1.807, 2.05) is 24.3 Å². The molecule has 25 heavy (non-hydrogen) atoms. The molecule has 6 heteroatoms. The molecule has 1 heterocycles. The van der Waals surface area contributed by atoms with Gasteiger partial charge in [0.15, 0.2) is 0 Å². The highest BCUT2D eigenvalue weighted by molar-refractivity contribution is 7.99. The van der Waals surface area contributed by atoms with Gasteiger partial charge >= 0.3 is 0 Å². The van der Waals surface area contributed by atoms with Gasteiger partial charge in [-0.3, -0.25) is 4.79 Å². The molecule has 0 unspecified atom stereocenters. The lowest BCUT2D eigenvalue weighted by atomic mass is 10.2. The highest BCUT2D eigenvalue weighted by Crippen LogP contribution is 2.30. The lowest BCUT2D eigenvalue weighted by Gasteiger charge is -2.14. The van der Waals surface area contributed by atoms with Crippen LogP contribution in [0.4, 0.5) is 5.69 Å². The van der Waals surface area contributed by atoms with Crippen LogP contribution in [0.3, 0.4) is 0 Å². The Hall–Kier alpha value is -1.69. The monoisotopic (exact) mass is 377 g/mol. The maximum absolute atomic E-state index is 12.8. The van der Waals surface area contributed by atoms with Crippen LogP contribution in [0.5, 0.6) is 5.75 Å². The van der Waals surface area contributed by atoms with Crippen molar-refractivity contribution < 1.29 is 14.3 Å². The summed E-state index contributed by atoms with van der Waals surface area (Å²) in [5.74, 6) is 1.24. The number of anilines is 1. The molecule has 3 rings (SSSR count). The number of carbonyl (C=O) groups is 1. The first-order chi connectivity index (χ1) is 12.2. The van der Waals surface area contributed by atoms with E-state index in [2.05, 4.69) is 5.32 Å². The molecule has 1 atom stereocenters. The molecule has 0 aromatic heterocycles. The van der Waals surface area contributed by atoms with Gasteiger partial charge in [-0.25, -0.2) is 0 Å². The topological polar surface area (TPSA) is 47.6 Å². The van der Waals surface area contributed by atoms with E-state index in [0.717, 1.165) is 30.1 Å². The lowest BCUT2D eigenvalue weighted by Crippen LogP contribution is -2.14. The van der Waals surface area contributed by atoms with Crippen LogP contribution in [0.15, 0.2) is 47.4 Å². The third kappa shape index (κ3) is 4.69. The van der Waals surface area contributed by atoms with Crippen LogP contribution in [0, 0.1) is 0 Å². The van der Waals surface area contributed by atoms with Crippen molar-refractivity contribution in [2.24, 2.45) is 0 Å². The molecular weight excluding hydrogens is 358 g/mol. The van der Waals surface area contributed by atoms with Crippen LogP contribution in [-0.4, -0.2) is 31.5 Å². The molecule has 1 amide bonds. The number of hydrogen-bond acceptors (Lipinski definition) is 4. The Balaban J connectivity index is 1.74. The highest BCUT2D eigenvalue weighted by atomic mass is 35.5. The third-order valence-electron chi connectivity index (χ3n) is 3.99. The van der Waals surface area contributed by atoms with Gasteiger partial charge in [0.2, 0.25) is 0 Å². The van der Waals surface area contributed by atoms with E-state index >= 15 is 0 Å². The summed E-state index contributed by atoms with van der Waals surface area (Å²) in [6.07, 6.45) is 2.47. The maximum Gasteiger partial charge on any atom is 0.256 e. The second kappa shape index (κ2) is 8.61. The minimum absolute atomic E-state index is 0.184. The van der Waals surface area contributed by atoms with Gasteiger partial charge in [0.25, 0.3) is 5.91 Å². The van der Waals surface area contributed by atoms with Crippen molar-refractivity contribution in [3.63, 3.8) is 0 Å². The fourth-order valence-electron chi connectivity index (χ4n) is 2.71. The zero-order chi connectivity index (χ0) is 17.6. The van der Waals surface area contributed by atoms with Gasteiger partial charge in [-0.2, -0.15) is 0 Å². The summed E-state index contributed by atoms with van der Waals surface area (Å²) in [5, 5.41) is 3.43. The molecule has 2 aromatic rings. The summed E-state index contributed by atoms with van der Waals surface area (Å²) in [4.78, 5) is 13.7. The molecule has 2 aromatic carbocycles. The number of benzene rings is 2. The van der Waals surface area contributed by atoms with Gasteiger partial charge < -0.3 is 14.8 Å². The number of ether oxygens (including phenoxy) is 2. The number of rotatable bonds is 6. The van der Waals surface area contributed by atoms with Crippen molar-refractivity contribution in [2.75, 3.05) is 24.8 Å². The summed E-state index contributed by atoms with van der Waals surface area (Å²) in [5.41, 5.74) is 1.19. The fourth-order valence-corrected chi connectivity index (χ4v) is 4.00. The van der Waals surface area contributed by atoms with Crippen LogP contribution in [0.1, 0.15) is 23.2 Å². The molecule has 0 bridgehead atoms. The summed E-state index contributed by atoms with van der Waals surface area (Å²) in [7, 11) is 1.56. The summed E-state index contributed by atoms with van der Waals surface area (Å²) in [6.45, 7) is 0.835. The quantitative estimate of drug-likeness (QED) is 0.729. The number of amides is 1. The first-order valence-electron chi connectivity index (χ1n) is 8.15. The summed E-state index contributed by atoms with van der Waals surface area (Å²) in [6, 6.07) is 12.7. The van der Waals surface area contributed by atoms with E-state index in [1.165, 1.54) is 0 Å². The normalized spacial score (nSPS) is 16.6. The summed E-state index contributed by atoms with van der Waals surface area (Å²) < 4.78 is 10.9. The Morgan fingerprint density at radius 2 is 2.20 bits per heavy atom. The number of carbonyl (C=O) groups excluding carboxylic acids is 1. The largest absolute Gasteiger partial charge is 0.495 e. The first kappa shape index (κ1) is 18.1. The Bertz CT molecular complexity index is 747. The zero-order valence-corrected chi connectivity index (χ0v) is 15.5. The second-order valence-corrected chi connectivity index (χ2v) is 7.24. The van der Waals surface area contributed by atoms with Crippen molar-refractivity contribution in [3.05, 3.63) is 53.1 Å². The molecular formula is C19H20ClNO3S. The van der Waals surface area contributed by atoms with E-state index < -0.39 is 0 Å². The van der Waals surface area contributed by atoms with Crippen molar-refractivity contribution in [2.45, 2.75) is 23.8 Å². The minimum Gasteiger partial charge on any atom is -0.495 e. The molecule has 4 nitrogen and oxygen atoms in total. The molecule has 0 saturated carbocycles. The van der Waals surface area contributed by atoms with Gasteiger partial charge in [-0.05, 0) is 43.2 Å². The smallest absolute Gasteiger partial charge is 0.256 e. The van der Waals surface area contributed by atoms with E-state index in [1.54, 1.807) is 37.1 Å². The number of nitrogens with one attached hydrogen (secondary N) is 1. The summed E-state index contributed by atoms with van der Waals surface area (Å²) >= 11 is 7.69. The van der Waals surface area contributed by atoms with Crippen molar-refractivity contribution in [1.82, 2.24) is 0 Å². The predicted molar refractivity (Wildman–Crippen MR) is 102 cm³/mol. The van der Waals surface area contributed by atoms with Gasteiger partial charge in [0.05, 0.1) is 24.5 Å². The molecule has 1 fully saturated rings. The SMILES string of the molecule is COc1ccc(Cl)cc1NC(=O)c1ccccc1SC[C@H]1CCCO1. The minimum atomic E-state index is -0.184. The Labute approximate surface area is 156 Å². The Morgan fingerprint density at radius 3 is 2.96 bits per heavy atom. The number of hydrogen-bond donors (Lipinski definition) is 1. The van der Waals surface area contributed by atoms with Crippen LogP contribution in [0.25, 0.3) is 0 Å². The maximum atomic E-state index is 12.8. The van der Waals surface area contributed by atoms with Crippen LogP contribution in [-0.2, 0) is 4.74 Å². The first-order valence-corrected chi connectivity index (χ1v) is 9.52. The van der Waals surface area contributed by atoms with Gasteiger partial charge in [0, 0.05) is 22.3 Å². The van der Waals surface area contributed by atoms with Gasteiger partial charge in [-0.1, -0.05) is 23.7 Å². The molecule has 132 valence electrons. The Morgan fingerprint density at radius 1 is 1.36 bits per heavy atom. The fraction of sp³-hybridized carbons (Fsp3) is 0.316. The second-order valence-electron chi connectivity index (χ2n) is 5.74. The molecule has 0 spiro atoms. The van der Waals surface area contributed by atoms with Crippen LogP contribution >= 0.6 is 23.4 Å². The molecule has 1 aliphatic heterocycles. The highest BCUT2D eigenvalue weighted by Gasteiger charge is 2.18. The van der Waals surface area contributed by atoms with Gasteiger partial charge in [0.1, 0.15) is 5.75 Å². The van der Waals surface area contributed by atoms with Crippen molar-refractivity contribution in [1.29, 1.82) is 0 Å². The Kier molecular flexibility index (Phi) is 6.24. The lowest BCUT2D eigenvalue weighted by molar-refractivity contribution is 0.102. The average molecular weight is 378 g/mol. The van der Waals surface area contributed by atoms with Crippen LogP contribution in [0.2, 0.25) is 5.02 Å². The van der Waals surface area contributed by atoms with Crippen LogP contribution < -0.4 is 10.1 Å². The van der Waals surface area contributed by atoms with Crippen molar-refractivity contribution >= 4 is 35.0 Å². The average Bonchev–Trinajstić information content (AvgIpc) is 3.14. The molecule has 0 aliphatic carbocycles. The molecule has 1 N–H and O–H groups in total. The molecule has 0 radical (unpaired) electrons. The van der Waals surface area contributed by atoms with E-state index in [4.69, 9.17) is 21.1 Å². The predicted octanol–water partition coefficient (Wildman–Crippen LogP) is 4.87. The molecule has 1 saturated heterocycles. The standard InChI is InChI=1S/C19H20ClNO3S/c1-23-17-9-8-13(20)11-16(17)21-19(22)15-6-2-3-7-18(15)25-12-14-5-4-10-24-14/h2-3,6-9,11,14H,4-5,10,12H2,1H3,(H,21,22)/t14-/m1/s1. The number of thioether (sulfide) groups is 1. The van der Waals surface area contributed by atoms with E-state index in [-0.39, 0.29) is 12.0 Å². The zero-order valence-electron chi connectivity index (χ0n) is 14.0. The number of methoxy groups -OCH3 is 1. The van der Waals surface area contributed by atoms with E-state index in [9.17, 15) is 4.79 Å². The third-order valence-corrected chi connectivity index (χ3v) is 5.43.